The maximum Gasteiger partial charge on any atom is 0.243 e. The van der Waals surface area contributed by atoms with E-state index in [1.165, 1.54) is 11.2 Å². The molecule has 2 fully saturated rings. The number of rotatable bonds is 5. The van der Waals surface area contributed by atoms with Crippen molar-refractivity contribution in [3.8, 4) is 11.1 Å². The number of morpholine rings is 1. The van der Waals surface area contributed by atoms with E-state index in [1.54, 1.807) is 41.3 Å². The summed E-state index contributed by atoms with van der Waals surface area (Å²) >= 11 is 0. The molecule has 2 aromatic carbocycles. The molecular weight excluding hydrogens is 442 g/mol. The van der Waals surface area contributed by atoms with E-state index >= 15 is 0 Å². The monoisotopic (exact) mass is 471 g/mol. The van der Waals surface area contributed by atoms with Crippen molar-refractivity contribution in [2.45, 2.75) is 24.7 Å². The molecule has 0 aromatic heterocycles. The van der Waals surface area contributed by atoms with Crippen LogP contribution in [-0.4, -0.2) is 68.8 Å². The van der Waals surface area contributed by atoms with Crippen molar-refractivity contribution >= 4 is 27.5 Å². The van der Waals surface area contributed by atoms with Crippen LogP contribution in [0.25, 0.3) is 11.1 Å². The van der Waals surface area contributed by atoms with Crippen LogP contribution in [0.3, 0.4) is 0 Å². The number of amides is 2. The molecule has 2 amide bonds. The Kier molecular flexibility index (Phi) is 7.11. The smallest absolute Gasteiger partial charge is 0.243 e. The summed E-state index contributed by atoms with van der Waals surface area (Å²) in [4.78, 5) is 26.1. The summed E-state index contributed by atoms with van der Waals surface area (Å²) in [6.45, 7) is 4.28. The zero-order valence-corrected chi connectivity index (χ0v) is 19.5. The number of carbonyl (C=O) groups excluding carboxylic acids is 2. The van der Waals surface area contributed by atoms with Crippen LogP contribution in [0.1, 0.15) is 19.8 Å². The van der Waals surface area contributed by atoms with E-state index in [-0.39, 0.29) is 29.2 Å². The first kappa shape index (κ1) is 23.4. The zero-order chi connectivity index (χ0) is 23.4. The Bertz CT molecular complexity index is 1090. The Morgan fingerprint density at radius 3 is 2.15 bits per heavy atom. The lowest BCUT2D eigenvalue weighted by atomic mass is 9.98. The SMILES string of the molecule is CC(=O)Nc1ccc(-c2ccc(S(=O)(=O)N3CCC[C@H](C(=O)N4CCOCC4)C3)cc2)cc1. The van der Waals surface area contributed by atoms with E-state index in [2.05, 4.69) is 5.32 Å². The third kappa shape index (κ3) is 5.43. The van der Waals surface area contributed by atoms with Crippen LogP contribution in [0.4, 0.5) is 5.69 Å². The van der Waals surface area contributed by atoms with Gasteiger partial charge in [0, 0.05) is 38.8 Å². The average molecular weight is 472 g/mol. The van der Waals surface area contributed by atoms with E-state index in [0.29, 0.717) is 51.4 Å². The molecule has 0 bridgehead atoms. The average Bonchev–Trinajstić information content (AvgIpc) is 2.84. The van der Waals surface area contributed by atoms with Gasteiger partial charge in [-0.3, -0.25) is 9.59 Å². The van der Waals surface area contributed by atoms with E-state index in [9.17, 15) is 18.0 Å². The van der Waals surface area contributed by atoms with Crippen LogP contribution in [0, 0.1) is 5.92 Å². The largest absolute Gasteiger partial charge is 0.378 e. The van der Waals surface area contributed by atoms with Gasteiger partial charge in [-0.25, -0.2) is 8.42 Å². The van der Waals surface area contributed by atoms with Crippen LogP contribution >= 0.6 is 0 Å². The second-order valence-corrected chi connectivity index (χ2v) is 10.4. The summed E-state index contributed by atoms with van der Waals surface area (Å²) in [7, 11) is -3.69. The van der Waals surface area contributed by atoms with E-state index in [1.807, 2.05) is 12.1 Å². The molecule has 1 atom stereocenters. The molecule has 2 saturated heterocycles. The lowest BCUT2D eigenvalue weighted by Gasteiger charge is -2.35. The van der Waals surface area contributed by atoms with Crippen LogP contribution in [0.2, 0.25) is 0 Å². The minimum atomic E-state index is -3.69. The first-order valence-electron chi connectivity index (χ1n) is 11.2. The Balaban J connectivity index is 1.45. The molecule has 4 rings (SSSR count). The number of benzene rings is 2. The van der Waals surface area contributed by atoms with E-state index in [0.717, 1.165) is 11.1 Å². The lowest BCUT2D eigenvalue weighted by molar-refractivity contribution is -0.140. The van der Waals surface area contributed by atoms with Crippen molar-refractivity contribution in [2.75, 3.05) is 44.7 Å². The third-order valence-corrected chi connectivity index (χ3v) is 7.97. The third-order valence-electron chi connectivity index (χ3n) is 6.09. The van der Waals surface area contributed by atoms with Gasteiger partial charge in [0.2, 0.25) is 21.8 Å². The van der Waals surface area contributed by atoms with Gasteiger partial charge in [0.1, 0.15) is 0 Å². The highest BCUT2D eigenvalue weighted by Gasteiger charge is 2.35. The van der Waals surface area contributed by atoms with Crippen molar-refractivity contribution in [3.05, 3.63) is 48.5 Å². The summed E-state index contributed by atoms with van der Waals surface area (Å²) in [5.41, 5.74) is 2.50. The molecule has 2 heterocycles. The molecule has 2 aromatic rings. The number of sulfonamides is 1. The minimum Gasteiger partial charge on any atom is -0.378 e. The highest BCUT2D eigenvalue weighted by Crippen LogP contribution is 2.28. The highest BCUT2D eigenvalue weighted by atomic mass is 32.2. The van der Waals surface area contributed by atoms with Crippen LogP contribution in [-0.2, 0) is 24.3 Å². The predicted molar refractivity (Wildman–Crippen MR) is 125 cm³/mol. The summed E-state index contributed by atoms with van der Waals surface area (Å²) in [6.07, 6.45) is 1.37. The number of carbonyl (C=O) groups is 2. The first-order valence-corrected chi connectivity index (χ1v) is 12.6. The van der Waals surface area contributed by atoms with Gasteiger partial charge in [0.05, 0.1) is 24.0 Å². The molecule has 0 spiro atoms. The predicted octanol–water partition coefficient (Wildman–Crippen LogP) is 2.57. The quantitative estimate of drug-likeness (QED) is 0.723. The number of ether oxygens (including phenoxy) is 1. The number of hydrogen-bond donors (Lipinski definition) is 1. The Labute approximate surface area is 194 Å². The van der Waals surface area contributed by atoms with Crippen LogP contribution < -0.4 is 5.32 Å². The maximum atomic E-state index is 13.3. The number of nitrogens with one attached hydrogen (secondary N) is 1. The number of nitrogens with zero attached hydrogens (tertiary/aromatic N) is 2. The normalized spacial score (nSPS) is 19.8. The minimum absolute atomic E-state index is 0.0243. The molecule has 0 saturated carbocycles. The zero-order valence-electron chi connectivity index (χ0n) is 18.7. The van der Waals surface area contributed by atoms with Gasteiger partial charge in [-0.1, -0.05) is 24.3 Å². The van der Waals surface area contributed by atoms with Crippen molar-refractivity contribution in [1.29, 1.82) is 0 Å². The Morgan fingerprint density at radius 2 is 1.55 bits per heavy atom. The second kappa shape index (κ2) is 10.0. The molecule has 2 aliphatic rings. The molecule has 1 N–H and O–H groups in total. The van der Waals surface area contributed by atoms with Gasteiger partial charge in [-0.2, -0.15) is 4.31 Å². The standard InChI is InChI=1S/C24H29N3O5S/c1-18(28)25-22-8-4-19(5-9-22)20-6-10-23(11-7-20)33(30,31)27-12-2-3-21(17-27)24(29)26-13-15-32-16-14-26/h4-11,21H,2-3,12-17H2,1H3,(H,25,28)/t21-/m0/s1. The number of hydrogen-bond acceptors (Lipinski definition) is 5. The highest BCUT2D eigenvalue weighted by molar-refractivity contribution is 7.89. The fourth-order valence-corrected chi connectivity index (χ4v) is 5.85. The second-order valence-electron chi connectivity index (χ2n) is 8.42. The van der Waals surface area contributed by atoms with Gasteiger partial charge >= 0.3 is 0 Å². The molecular formula is C24H29N3O5S. The molecule has 0 radical (unpaired) electrons. The fraction of sp³-hybridized carbons (Fsp3) is 0.417. The van der Waals surface area contributed by atoms with Crippen LogP contribution in [0.5, 0.6) is 0 Å². The molecule has 0 unspecified atom stereocenters. The van der Waals surface area contributed by atoms with E-state index < -0.39 is 10.0 Å². The van der Waals surface area contributed by atoms with Gasteiger partial charge in [-0.15, -0.1) is 0 Å². The fourth-order valence-electron chi connectivity index (χ4n) is 4.32. The molecule has 33 heavy (non-hydrogen) atoms. The summed E-state index contributed by atoms with van der Waals surface area (Å²) < 4.78 is 33.3. The van der Waals surface area contributed by atoms with Crippen molar-refractivity contribution in [3.63, 3.8) is 0 Å². The van der Waals surface area contributed by atoms with Crippen molar-refractivity contribution in [1.82, 2.24) is 9.21 Å². The first-order chi connectivity index (χ1) is 15.8. The molecule has 8 nitrogen and oxygen atoms in total. The van der Waals surface area contributed by atoms with Crippen molar-refractivity contribution < 1.29 is 22.7 Å². The Morgan fingerprint density at radius 1 is 0.939 bits per heavy atom. The number of anilines is 1. The summed E-state index contributed by atoms with van der Waals surface area (Å²) in [6, 6.07) is 14.1. The summed E-state index contributed by atoms with van der Waals surface area (Å²) in [5, 5.41) is 2.72. The number of piperidine rings is 1. The molecule has 2 aliphatic heterocycles. The summed E-state index contributed by atoms with van der Waals surface area (Å²) in [5.74, 6) is -0.423. The van der Waals surface area contributed by atoms with Gasteiger partial charge in [-0.05, 0) is 48.2 Å². The van der Waals surface area contributed by atoms with Crippen LogP contribution in [0.15, 0.2) is 53.4 Å². The van der Waals surface area contributed by atoms with E-state index in [4.69, 9.17) is 4.74 Å². The topological polar surface area (TPSA) is 96.0 Å². The van der Waals surface area contributed by atoms with Gasteiger partial charge < -0.3 is 15.0 Å². The maximum absolute atomic E-state index is 13.3. The molecule has 0 aliphatic carbocycles. The Hall–Kier alpha value is -2.75. The molecule has 9 heteroatoms. The van der Waals surface area contributed by atoms with Crippen molar-refractivity contribution in [2.24, 2.45) is 5.92 Å². The lowest BCUT2D eigenvalue weighted by Crippen LogP contribution is -2.49. The van der Waals surface area contributed by atoms with Gasteiger partial charge in [0.25, 0.3) is 0 Å². The molecule has 176 valence electrons. The van der Waals surface area contributed by atoms with Gasteiger partial charge in [0.15, 0.2) is 0 Å².